The lowest BCUT2D eigenvalue weighted by atomic mass is 9.86. The molecule has 0 aliphatic rings. The molecule has 0 saturated heterocycles. The van der Waals surface area contributed by atoms with Gasteiger partial charge in [0.2, 0.25) is 0 Å². The third-order valence-electron chi connectivity index (χ3n) is 2.24. The van der Waals surface area contributed by atoms with Gasteiger partial charge in [-0.25, -0.2) is 0 Å². The number of carbonyl (C=O) groups excluding carboxylic acids is 1. The number of esters is 1. The first kappa shape index (κ1) is 13.9. The van der Waals surface area contributed by atoms with Crippen LogP contribution in [0, 0.1) is 16.7 Å². The molecule has 0 aromatic heterocycles. The first-order valence-electron chi connectivity index (χ1n) is 5.19. The summed E-state index contributed by atoms with van der Waals surface area (Å²) in [6.45, 7) is 5.57. The smallest absolute Gasteiger partial charge is 0.308 e. The molecule has 4 nitrogen and oxygen atoms in total. The van der Waals surface area contributed by atoms with Crippen molar-refractivity contribution in [2.45, 2.75) is 46.1 Å². The second kappa shape index (κ2) is 6.41. The van der Waals surface area contributed by atoms with Gasteiger partial charge in [-0.1, -0.05) is 13.3 Å². The Morgan fingerprint density at radius 1 is 1.60 bits per heavy atom. The molecule has 0 spiro atoms. The van der Waals surface area contributed by atoms with Crippen LogP contribution in [0.4, 0.5) is 0 Å². The van der Waals surface area contributed by atoms with E-state index >= 15 is 0 Å². The van der Waals surface area contributed by atoms with Crippen LogP contribution in [0.25, 0.3) is 0 Å². The van der Waals surface area contributed by atoms with Crippen LogP contribution in [0.3, 0.4) is 0 Å². The lowest BCUT2D eigenvalue weighted by Crippen LogP contribution is -2.30. The number of unbranched alkanes of at least 4 members (excludes halogenated alkanes) is 1. The molecular weight excluding hydrogens is 194 g/mol. The first-order chi connectivity index (χ1) is 6.94. The molecular formula is C11H19NO3. The summed E-state index contributed by atoms with van der Waals surface area (Å²) in [7, 11) is 0. The van der Waals surface area contributed by atoms with Crippen LogP contribution in [-0.2, 0) is 9.53 Å². The third-order valence-corrected chi connectivity index (χ3v) is 2.24. The maximum Gasteiger partial charge on any atom is 0.308 e. The summed E-state index contributed by atoms with van der Waals surface area (Å²) in [5.41, 5.74) is -0.913. The number of carbonyl (C=O) groups is 1. The van der Waals surface area contributed by atoms with Crippen molar-refractivity contribution in [1.29, 1.82) is 5.26 Å². The van der Waals surface area contributed by atoms with E-state index in [1.54, 1.807) is 13.8 Å². The first-order valence-corrected chi connectivity index (χ1v) is 5.19. The predicted octanol–water partition coefficient (Wildman–Crippen LogP) is 1.63. The van der Waals surface area contributed by atoms with E-state index in [4.69, 9.17) is 10.00 Å². The molecule has 0 heterocycles. The lowest BCUT2D eigenvalue weighted by Gasteiger charge is -2.21. The van der Waals surface area contributed by atoms with E-state index in [1.165, 1.54) is 0 Å². The average molecular weight is 213 g/mol. The summed E-state index contributed by atoms with van der Waals surface area (Å²) < 4.78 is 4.88. The van der Waals surface area contributed by atoms with Gasteiger partial charge in [-0.3, -0.25) is 4.79 Å². The molecule has 4 heteroatoms. The second-order valence-corrected chi connectivity index (χ2v) is 4.13. The highest BCUT2D eigenvalue weighted by Gasteiger charge is 2.29. The number of aliphatic hydroxyl groups excluding tert-OH is 1. The van der Waals surface area contributed by atoms with Crippen LogP contribution in [0.1, 0.15) is 40.0 Å². The summed E-state index contributed by atoms with van der Waals surface area (Å²) in [5, 5.41) is 18.3. The SMILES string of the molecule is CCCCOC(=O)CC(O)C(C)(C)C#N. The average Bonchev–Trinajstić information content (AvgIpc) is 2.18. The topological polar surface area (TPSA) is 70.3 Å². The molecule has 0 aromatic carbocycles. The van der Waals surface area contributed by atoms with Gasteiger partial charge in [0.1, 0.15) is 0 Å². The highest BCUT2D eigenvalue weighted by atomic mass is 16.5. The normalized spacial score (nSPS) is 13.0. The van der Waals surface area contributed by atoms with Gasteiger partial charge < -0.3 is 9.84 Å². The predicted molar refractivity (Wildman–Crippen MR) is 55.9 cm³/mol. The van der Waals surface area contributed by atoms with Crippen molar-refractivity contribution in [2.75, 3.05) is 6.61 Å². The number of nitrogens with zero attached hydrogens (tertiary/aromatic N) is 1. The minimum atomic E-state index is -0.975. The highest BCUT2D eigenvalue weighted by molar-refractivity contribution is 5.70. The molecule has 1 N–H and O–H groups in total. The van der Waals surface area contributed by atoms with E-state index in [1.807, 2.05) is 13.0 Å². The molecule has 1 unspecified atom stereocenters. The maximum atomic E-state index is 11.2. The molecule has 0 aromatic rings. The van der Waals surface area contributed by atoms with Gasteiger partial charge >= 0.3 is 5.97 Å². The van der Waals surface area contributed by atoms with Crippen LogP contribution in [0.2, 0.25) is 0 Å². The summed E-state index contributed by atoms with van der Waals surface area (Å²) in [5.74, 6) is -0.445. The molecule has 0 aliphatic carbocycles. The lowest BCUT2D eigenvalue weighted by molar-refractivity contribution is -0.147. The standard InChI is InChI=1S/C11H19NO3/c1-4-5-6-15-10(14)7-9(13)11(2,3)8-12/h9,13H,4-7H2,1-3H3. The second-order valence-electron chi connectivity index (χ2n) is 4.13. The largest absolute Gasteiger partial charge is 0.466 e. The Morgan fingerprint density at radius 2 is 2.20 bits per heavy atom. The molecule has 15 heavy (non-hydrogen) atoms. The van der Waals surface area contributed by atoms with E-state index in [2.05, 4.69) is 0 Å². The summed E-state index contributed by atoms with van der Waals surface area (Å²) in [4.78, 5) is 11.2. The molecule has 0 saturated carbocycles. The molecule has 1 atom stereocenters. The monoisotopic (exact) mass is 213 g/mol. The fraction of sp³-hybridized carbons (Fsp3) is 0.818. The van der Waals surface area contributed by atoms with E-state index in [-0.39, 0.29) is 6.42 Å². The zero-order valence-electron chi connectivity index (χ0n) is 9.62. The molecule has 0 rings (SSSR count). The van der Waals surface area contributed by atoms with Crippen molar-refractivity contribution in [1.82, 2.24) is 0 Å². The molecule has 0 bridgehead atoms. The number of rotatable bonds is 6. The quantitative estimate of drug-likeness (QED) is 0.537. The summed E-state index contributed by atoms with van der Waals surface area (Å²) >= 11 is 0. The molecule has 0 amide bonds. The van der Waals surface area contributed by atoms with Gasteiger partial charge in [0.25, 0.3) is 0 Å². The van der Waals surface area contributed by atoms with Crippen molar-refractivity contribution in [3.8, 4) is 6.07 Å². The minimum absolute atomic E-state index is 0.121. The van der Waals surface area contributed by atoms with Crippen molar-refractivity contribution in [2.24, 2.45) is 5.41 Å². The molecule has 0 radical (unpaired) electrons. The Hall–Kier alpha value is -1.08. The van der Waals surface area contributed by atoms with Crippen molar-refractivity contribution < 1.29 is 14.6 Å². The zero-order valence-corrected chi connectivity index (χ0v) is 9.62. The maximum absolute atomic E-state index is 11.2. The Morgan fingerprint density at radius 3 is 2.67 bits per heavy atom. The van der Waals surface area contributed by atoms with E-state index in [0.29, 0.717) is 6.61 Å². The fourth-order valence-corrected chi connectivity index (χ4v) is 0.877. The third kappa shape index (κ3) is 5.38. The van der Waals surface area contributed by atoms with Crippen molar-refractivity contribution >= 4 is 5.97 Å². The zero-order chi connectivity index (χ0) is 11.9. The van der Waals surface area contributed by atoms with Gasteiger partial charge in [-0.05, 0) is 20.3 Å². The van der Waals surface area contributed by atoms with Crippen molar-refractivity contribution in [3.63, 3.8) is 0 Å². The highest BCUT2D eigenvalue weighted by Crippen LogP contribution is 2.21. The molecule has 0 fully saturated rings. The van der Waals surface area contributed by atoms with E-state index < -0.39 is 17.5 Å². The van der Waals surface area contributed by atoms with Crippen LogP contribution >= 0.6 is 0 Å². The van der Waals surface area contributed by atoms with E-state index in [0.717, 1.165) is 12.8 Å². The summed E-state index contributed by atoms with van der Waals surface area (Å²) in [6, 6.07) is 1.96. The van der Waals surface area contributed by atoms with Gasteiger partial charge in [-0.15, -0.1) is 0 Å². The van der Waals surface area contributed by atoms with Crippen LogP contribution in [0.15, 0.2) is 0 Å². The van der Waals surface area contributed by atoms with Gasteiger partial charge in [-0.2, -0.15) is 5.26 Å². The number of aliphatic hydroxyl groups is 1. The van der Waals surface area contributed by atoms with E-state index in [9.17, 15) is 9.90 Å². The Kier molecular flexibility index (Phi) is 5.95. The Balaban J connectivity index is 3.92. The van der Waals surface area contributed by atoms with Crippen LogP contribution < -0.4 is 0 Å². The molecule has 86 valence electrons. The number of hydrogen-bond donors (Lipinski definition) is 1. The van der Waals surface area contributed by atoms with Crippen LogP contribution in [0.5, 0.6) is 0 Å². The number of hydrogen-bond acceptors (Lipinski definition) is 4. The van der Waals surface area contributed by atoms with Crippen LogP contribution in [-0.4, -0.2) is 23.8 Å². The fourth-order valence-electron chi connectivity index (χ4n) is 0.877. The molecule has 0 aliphatic heterocycles. The Bertz CT molecular complexity index is 243. The van der Waals surface area contributed by atoms with Gasteiger partial charge in [0, 0.05) is 0 Å². The summed E-state index contributed by atoms with van der Waals surface area (Å²) in [6.07, 6.45) is 0.685. The van der Waals surface area contributed by atoms with Crippen molar-refractivity contribution in [3.05, 3.63) is 0 Å². The minimum Gasteiger partial charge on any atom is -0.466 e. The Labute approximate surface area is 90.9 Å². The number of ether oxygens (including phenoxy) is 1. The van der Waals surface area contributed by atoms with Gasteiger partial charge in [0.15, 0.2) is 0 Å². The van der Waals surface area contributed by atoms with Gasteiger partial charge in [0.05, 0.1) is 30.6 Å². The number of nitriles is 1.